The maximum atomic E-state index is 13.5. The first-order valence-corrected chi connectivity index (χ1v) is 5.83. The van der Waals surface area contributed by atoms with E-state index < -0.39 is 5.82 Å². The topological polar surface area (TPSA) is 41.6 Å². The Kier molecular flexibility index (Phi) is 5.58. The highest BCUT2D eigenvalue weighted by Gasteiger charge is 2.13. The highest BCUT2D eigenvalue weighted by atomic mass is 19.1. The van der Waals surface area contributed by atoms with Gasteiger partial charge in [-0.3, -0.25) is 4.79 Å². The molecule has 0 atom stereocenters. The minimum atomic E-state index is -0.521. The first-order chi connectivity index (χ1) is 8.60. The van der Waals surface area contributed by atoms with Crippen molar-refractivity contribution in [2.24, 2.45) is 0 Å². The molecule has 0 aliphatic carbocycles. The van der Waals surface area contributed by atoms with E-state index in [9.17, 15) is 9.18 Å². The van der Waals surface area contributed by atoms with Gasteiger partial charge < -0.3 is 15.0 Å². The number of methoxy groups -OCH3 is 1. The molecule has 0 aromatic heterocycles. The first-order valence-electron chi connectivity index (χ1n) is 5.83. The maximum absolute atomic E-state index is 13.5. The zero-order valence-corrected chi connectivity index (χ0v) is 11.0. The molecule has 18 heavy (non-hydrogen) atoms. The molecule has 0 radical (unpaired) electrons. The van der Waals surface area contributed by atoms with Gasteiger partial charge in [0.05, 0.1) is 7.11 Å². The standard InChI is InChI=1S/C13H19FN2O2/c1-15-7-4-8-16(2)13(17)10-5-6-12(18-3)11(14)9-10/h5-6,9,15H,4,7-8H2,1-3H3. The molecule has 100 valence electrons. The minimum absolute atomic E-state index is 0.143. The van der Waals surface area contributed by atoms with Gasteiger partial charge in [0.1, 0.15) is 0 Å². The molecular formula is C13H19FN2O2. The summed E-state index contributed by atoms with van der Waals surface area (Å²) in [5.74, 6) is -0.566. The van der Waals surface area contributed by atoms with Crippen molar-refractivity contribution >= 4 is 5.91 Å². The van der Waals surface area contributed by atoms with Gasteiger partial charge in [0.2, 0.25) is 0 Å². The number of amides is 1. The van der Waals surface area contributed by atoms with Gasteiger partial charge in [-0.25, -0.2) is 4.39 Å². The lowest BCUT2D eigenvalue weighted by molar-refractivity contribution is 0.0793. The summed E-state index contributed by atoms with van der Waals surface area (Å²) in [6, 6.07) is 4.23. The van der Waals surface area contributed by atoms with Crippen LogP contribution in [0.2, 0.25) is 0 Å². The molecule has 0 unspecified atom stereocenters. The molecule has 0 aliphatic heterocycles. The highest BCUT2D eigenvalue weighted by molar-refractivity contribution is 5.94. The van der Waals surface area contributed by atoms with Crippen molar-refractivity contribution in [3.63, 3.8) is 0 Å². The van der Waals surface area contributed by atoms with E-state index in [2.05, 4.69) is 5.32 Å². The van der Waals surface area contributed by atoms with Crippen LogP contribution in [0.1, 0.15) is 16.8 Å². The predicted molar refractivity (Wildman–Crippen MR) is 68.5 cm³/mol. The highest BCUT2D eigenvalue weighted by Crippen LogP contribution is 2.18. The van der Waals surface area contributed by atoms with Crippen LogP contribution in [0, 0.1) is 5.82 Å². The monoisotopic (exact) mass is 254 g/mol. The summed E-state index contributed by atoms with van der Waals surface area (Å²) >= 11 is 0. The SMILES string of the molecule is CNCCCN(C)C(=O)c1ccc(OC)c(F)c1. The number of halogens is 1. The molecule has 0 bridgehead atoms. The predicted octanol–water partition coefficient (Wildman–Crippen LogP) is 1.52. The molecule has 1 aromatic rings. The lowest BCUT2D eigenvalue weighted by atomic mass is 10.2. The fraction of sp³-hybridized carbons (Fsp3) is 0.462. The number of carbonyl (C=O) groups is 1. The van der Waals surface area contributed by atoms with Gasteiger partial charge in [0, 0.05) is 19.2 Å². The fourth-order valence-electron chi connectivity index (χ4n) is 1.61. The number of hydrogen-bond donors (Lipinski definition) is 1. The molecule has 1 aromatic carbocycles. The number of hydrogen-bond acceptors (Lipinski definition) is 3. The van der Waals surface area contributed by atoms with Gasteiger partial charge in [0.15, 0.2) is 11.6 Å². The minimum Gasteiger partial charge on any atom is -0.494 e. The summed E-state index contributed by atoms with van der Waals surface area (Å²) in [7, 11) is 4.96. The van der Waals surface area contributed by atoms with E-state index in [4.69, 9.17) is 4.74 Å². The Labute approximate surface area is 107 Å². The van der Waals surface area contributed by atoms with Crippen LogP contribution in [-0.4, -0.2) is 45.1 Å². The fourth-order valence-corrected chi connectivity index (χ4v) is 1.61. The third-order valence-corrected chi connectivity index (χ3v) is 2.67. The maximum Gasteiger partial charge on any atom is 0.253 e. The van der Waals surface area contributed by atoms with Crippen LogP contribution in [-0.2, 0) is 0 Å². The summed E-state index contributed by atoms with van der Waals surface area (Å²) in [6.45, 7) is 1.47. The van der Waals surface area contributed by atoms with E-state index in [1.165, 1.54) is 19.2 Å². The number of carbonyl (C=O) groups excluding carboxylic acids is 1. The van der Waals surface area contributed by atoms with Crippen LogP contribution in [0.4, 0.5) is 4.39 Å². The molecule has 1 N–H and O–H groups in total. The normalized spacial score (nSPS) is 10.2. The average Bonchev–Trinajstić information content (AvgIpc) is 2.38. The smallest absolute Gasteiger partial charge is 0.253 e. The Hall–Kier alpha value is -1.62. The number of rotatable bonds is 6. The summed E-state index contributed by atoms with van der Waals surface area (Å²) in [4.78, 5) is 13.6. The Bertz CT molecular complexity index is 410. The van der Waals surface area contributed by atoms with Crippen LogP contribution >= 0.6 is 0 Å². The van der Waals surface area contributed by atoms with Gasteiger partial charge in [-0.2, -0.15) is 0 Å². The summed E-state index contributed by atoms with van der Waals surface area (Å²) in [6.07, 6.45) is 0.859. The van der Waals surface area contributed by atoms with Crippen LogP contribution in [0.5, 0.6) is 5.75 Å². The Morgan fingerprint density at radius 1 is 1.50 bits per heavy atom. The van der Waals surface area contributed by atoms with Crippen molar-refractivity contribution in [1.29, 1.82) is 0 Å². The number of nitrogens with zero attached hydrogens (tertiary/aromatic N) is 1. The molecule has 0 fully saturated rings. The third kappa shape index (κ3) is 3.70. The summed E-state index contributed by atoms with van der Waals surface area (Å²) in [5.41, 5.74) is 0.334. The molecule has 5 heteroatoms. The van der Waals surface area contributed by atoms with Crippen molar-refractivity contribution in [3.05, 3.63) is 29.6 Å². The van der Waals surface area contributed by atoms with Gasteiger partial charge >= 0.3 is 0 Å². The first kappa shape index (κ1) is 14.4. The quantitative estimate of drug-likeness (QED) is 0.782. The molecular weight excluding hydrogens is 235 g/mol. The second kappa shape index (κ2) is 6.96. The van der Waals surface area contributed by atoms with E-state index in [0.717, 1.165) is 13.0 Å². The van der Waals surface area contributed by atoms with E-state index in [-0.39, 0.29) is 11.7 Å². The van der Waals surface area contributed by atoms with Gasteiger partial charge in [-0.05, 0) is 38.2 Å². The van der Waals surface area contributed by atoms with Crippen molar-refractivity contribution in [2.75, 3.05) is 34.3 Å². The summed E-state index contributed by atoms with van der Waals surface area (Å²) < 4.78 is 18.3. The second-order valence-electron chi connectivity index (χ2n) is 4.03. The van der Waals surface area contributed by atoms with Crippen molar-refractivity contribution in [1.82, 2.24) is 10.2 Å². The van der Waals surface area contributed by atoms with Gasteiger partial charge in [-0.1, -0.05) is 0 Å². The van der Waals surface area contributed by atoms with Gasteiger partial charge in [0.25, 0.3) is 5.91 Å². The number of ether oxygens (including phenoxy) is 1. The number of nitrogens with one attached hydrogen (secondary N) is 1. The molecule has 0 heterocycles. The molecule has 0 saturated heterocycles. The molecule has 4 nitrogen and oxygen atoms in total. The molecule has 1 amide bonds. The summed E-state index contributed by atoms with van der Waals surface area (Å²) in [5, 5.41) is 3.01. The second-order valence-corrected chi connectivity index (χ2v) is 4.03. The zero-order chi connectivity index (χ0) is 13.5. The average molecular weight is 254 g/mol. The molecule has 0 saturated carbocycles. The molecule has 0 spiro atoms. The van der Waals surface area contributed by atoms with E-state index in [0.29, 0.717) is 12.1 Å². The lowest BCUT2D eigenvalue weighted by Crippen LogP contribution is -2.29. The Morgan fingerprint density at radius 2 is 2.22 bits per heavy atom. The Morgan fingerprint density at radius 3 is 2.78 bits per heavy atom. The molecule has 1 rings (SSSR count). The lowest BCUT2D eigenvalue weighted by Gasteiger charge is -2.17. The van der Waals surface area contributed by atoms with E-state index >= 15 is 0 Å². The Balaban J connectivity index is 2.68. The molecule has 0 aliphatic rings. The van der Waals surface area contributed by atoms with Crippen molar-refractivity contribution in [2.45, 2.75) is 6.42 Å². The van der Waals surface area contributed by atoms with Gasteiger partial charge in [-0.15, -0.1) is 0 Å². The van der Waals surface area contributed by atoms with Crippen LogP contribution in [0.25, 0.3) is 0 Å². The van der Waals surface area contributed by atoms with Crippen LogP contribution in [0.3, 0.4) is 0 Å². The third-order valence-electron chi connectivity index (χ3n) is 2.67. The number of benzene rings is 1. The van der Waals surface area contributed by atoms with E-state index in [1.807, 2.05) is 7.05 Å². The van der Waals surface area contributed by atoms with E-state index in [1.54, 1.807) is 18.0 Å². The van der Waals surface area contributed by atoms with Crippen LogP contribution < -0.4 is 10.1 Å². The largest absolute Gasteiger partial charge is 0.494 e. The van der Waals surface area contributed by atoms with Crippen molar-refractivity contribution in [3.8, 4) is 5.75 Å². The zero-order valence-electron chi connectivity index (χ0n) is 11.0. The van der Waals surface area contributed by atoms with Crippen LogP contribution in [0.15, 0.2) is 18.2 Å². The van der Waals surface area contributed by atoms with Crippen molar-refractivity contribution < 1.29 is 13.9 Å².